The van der Waals surface area contributed by atoms with Crippen molar-refractivity contribution in [2.24, 2.45) is 0 Å². The van der Waals surface area contributed by atoms with Crippen LogP contribution in [0.1, 0.15) is 16.1 Å². The van der Waals surface area contributed by atoms with E-state index in [1.807, 2.05) is 0 Å². The molecule has 0 amide bonds. The van der Waals surface area contributed by atoms with Crippen LogP contribution in [0.15, 0.2) is 40.8 Å². The fourth-order valence-electron chi connectivity index (χ4n) is 2.07. The second kappa shape index (κ2) is 4.45. The zero-order valence-corrected chi connectivity index (χ0v) is 10.6. The minimum atomic E-state index is -1.13. The van der Waals surface area contributed by atoms with Crippen LogP contribution >= 0.6 is 0 Å². The topological polar surface area (TPSA) is 63.3 Å². The lowest BCUT2D eigenvalue weighted by Gasteiger charge is -2.05. The average molecular weight is 271 g/mol. The van der Waals surface area contributed by atoms with Gasteiger partial charge in [-0.2, -0.15) is 0 Å². The first-order chi connectivity index (χ1) is 9.54. The molecule has 0 bridgehead atoms. The van der Waals surface area contributed by atoms with Crippen molar-refractivity contribution >= 4 is 16.9 Å². The van der Waals surface area contributed by atoms with E-state index in [1.165, 1.54) is 24.3 Å². The molecule has 2 heterocycles. The first kappa shape index (κ1) is 12.3. The normalized spacial score (nSPS) is 10.9. The molecule has 3 rings (SSSR count). The molecule has 0 radical (unpaired) electrons. The predicted octanol–water partition coefficient (Wildman–Crippen LogP) is 3.64. The third kappa shape index (κ3) is 2.03. The Morgan fingerprint density at radius 2 is 2.05 bits per heavy atom. The highest BCUT2D eigenvalue weighted by atomic mass is 19.1. The standard InChI is InChI=1S/C15H10FNO3/c1-8-2-5-14(20-8)13-7-11(15(18)19)10-6-9(16)3-4-12(10)17-13/h2-7H,1H3,(H,18,19). The number of hydrogen-bond donors (Lipinski definition) is 1. The zero-order chi connectivity index (χ0) is 14.3. The number of rotatable bonds is 2. The molecule has 0 unspecified atom stereocenters. The van der Waals surface area contributed by atoms with Crippen LogP contribution in [0.4, 0.5) is 4.39 Å². The summed E-state index contributed by atoms with van der Waals surface area (Å²) in [5.41, 5.74) is 0.823. The monoisotopic (exact) mass is 271 g/mol. The van der Waals surface area contributed by atoms with Gasteiger partial charge in [0.25, 0.3) is 0 Å². The fourth-order valence-corrected chi connectivity index (χ4v) is 2.07. The minimum Gasteiger partial charge on any atom is -0.478 e. The van der Waals surface area contributed by atoms with E-state index in [-0.39, 0.29) is 10.9 Å². The number of furan rings is 1. The molecular formula is C15H10FNO3. The van der Waals surface area contributed by atoms with E-state index in [1.54, 1.807) is 19.1 Å². The Balaban J connectivity index is 2.31. The molecule has 0 aliphatic heterocycles. The molecule has 0 saturated heterocycles. The summed E-state index contributed by atoms with van der Waals surface area (Å²) in [5.74, 6) is -0.440. The smallest absolute Gasteiger partial charge is 0.336 e. The number of nitrogens with zero attached hydrogens (tertiary/aromatic N) is 1. The van der Waals surface area contributed by atoms with Crippen LogP contribution in [-0.2, 0) is 0 Å². The maximum atomic E-state index is 13.3. The Morgan fingerprint density at radius 1 is 1.25 bits per heavy atom. The van der Waals surface area contributed by atoms with E-state index in [0.29, 0.717) is 22.7 Å². The van der Waals surface area contributed by atoms with Crippen LogP contribution < -0.4 is 0 Å². The van der Waals surface area contributed by atoms with E-state index >= 15 is 0 Å². The SMILES string of the molecule is Cc1ccc(-c2cc(C(=O)O)c3cc(F)ccc3n2)o1. The number of halogens is 1. The van der Waals surface area contributed by atoms with Gasteiger partial charge in [-0.1, -0.05) is 0 Å². The van der Waals surface area contributed by atoms with Crippen molar-refractivity contribution in [2.75, 3.05) is 0 Å². The van der Waals surface area contributed by atoms with Gasteiger partial charge in [0.05, 0.1) is 11.1 Å². The molecule has 0 spiro atoms. The summed E-state index contributed by atoms with van der Waals surface area (Å²) in [4.78, 5) is 15.7. The second-order valence-corrected chi connectivity index (χ2v) is 4.43. The summed E-state index contributed by atoms with van der Waals surface area (Å²) in [7, 11) is 0. The molecule has 0 fully saturated rings. The molecule has 0 aliphatic rings. The summed E-state index contributed by atoms with van der Waals surface area (Å²) >= 11 is 0. The first-order valence-corrected chi connectivity index (χ1v) is 5.95. The first-order valence-electron chi connectivity index (χ1n) is 5.95. The molecular weight excluding hydrogens is 261 g/mol. The Morgan fingerprint density at radius 3 is 2.70 bits per heavy atom. The van der Waals surface area contributed by atoms with Gasteiger partial charge < -0.3 is 9.52 Å². The average Bonchev–Trinajstić information content (AvgIpc) is 2.84. The summed E-state index contributed by atoms with van der Waals surface area (Å²) < 4.78 is 18.7. The Kier molecular flexibility index (Phi) is 2.75. The maximum absolute atomic E-state index is 13.3. The number of aryl methyl sites for hydroxylation is 1. The predicted molar refractivity (Wildman–Crippen MR) is 71.1 cm³/mol. The van der Waals surface area contributed by atoms with Crippen molar-refractivity contribution in [3.05, 3.63) is 53.5 Å². The van der Waals surface area contributed by atoms with Crippen molar-refractivity contribution in [2.45, 2.75) is 6.92 Å². The number of carboxylic acid groups (broad SMARTS) is 1. The highest BCUT2D eigenvalue weighted by molar-refractivity contribution is 6.03. The van der Waals surface area contributed by atoms with Crippen LogP contribution in [0.25, 0.3) is 22.4 Å². The fraction of sp³-hybridized carbons (Fsp3) is 0.0667. The van der Waals surface area contributed by atoms with Crippen molar-refractivity contribution in [1.82, 2.24) is 4.98 Å². The Hall–Kier alpha value is -2.69. The summed E-state index contributed by atoms with van der Waals surface area (Å²) in [6.45, 7) is 1.79. The number of pyridine rings is 1. The van der Waals surface area contributed by atoms with Gasteiger partial charge in [-0.3, -0.25) is 0 Å². The molecule has 4 nitrogen and oxygen atoms in total. The molecule has 1 N–H and O–H groups in total. The molecule has 1 aromatic carbocycles. The molecule has 20 heavy (non-hydrogen) atoms. The van der Waals surface area contributed by atoms with E-state index in [0.717, 1.165) is 0 Å². The van der Waals surface area contributed by atoms with Gasteiger partial charge in [-0.15, -0.1) is 0 Å². The third-order valence-electron chi connectivity index (χ3n) is 2.99. The van der Waals surface area contributed by atoms with Crippen LogP contribution in [0.5, 0.6) is 0 Å². The van der Waals surface area contributed by atoms with E-state index in [9.17, 15) is 14.3 Å². The summed E-state index contributed by atoms with van der Waals surface area (Å²) in [6.07, 6.45) is 0. The van der Waals surface area contributed by atoms with E-state index in [4.69, 9.17) is 4.42 Å². The highest BCUT2D eigenvalue weighted by Gasteiger charge is 2.15. The lowest BCUT2D eigenvalue weighted by atomic mass is 10.1. The van der Waals surface area contributed by atoms with Gasteiger partial charge >= 0.3 is 5.97 Å². The largest absolute Gasteiger partial charge is 0.478 e. The Bertz CT molecular complexity index is 823. The number of carboxylic acids is 1. The van der Waals surface area contributed by atoms with Gasteiger partial charge in [0, 0.05) is 5.39 Å². The number of fused-ring (bicyclic) bond motifs is 1. The van der Waals surface area contributed by atoms with Crippen LogP contribution in [0, 0.1) is 12.7 Å². The van der Waals surface area contributed by atoms with Crippen LogP contribution in [0.3, 0.4) is 0 Å². The van der Waals surface area contributed by atoms with Gasteiger partial charge in [-0.05, 0) is 43.3 Å². The van der Waals surface area contributed by atoms with Crippen molar-refractivity contribution < 1.29 is 18.7 Å². The number of aromatic nitrogens is 1. The van der Waals surface area contributed by atoms with Crippen LogP contribution in [0.2, 0.25) is 0 Å². The lowest BCUT2D eigenvalue weighted by Crippen LogP contribution is -2.00. The molecule has 3 aromatic rings. The number of benzene rings is 1. The van der Waals surface area contributed by atoms with Gasteiger partial charge in [0.1, 0.15) is 17.3 Å². The van der Waals surface area contributed by atoms with Crippen molar-refractivity contribution in [3.63, 3.8) is 0 Å². The van der Waals surface area contributed by atoms with Crippen molar-refractivity contribution in [3.8, 4) is 11.5 Å². The number of carbonyl (C=O) groups is 1. The summed E-state index contributed by atoms with van der Waals surface area (Å²) in [5, 5.41) is 9.54. The van der Waals surface area contributed by atoms with Gasteiger partial charge in [0.2, 0.25) is 0 Å². The quantitative estimate of drug-likeness (QED) is 0.772. The van der Waals surface area contributed by atoms with Crippen molar-refractivity contribution in [1.29, 1.82) is 0 Å². The third-order valence-corrected chi connectivity index (χ3v) is 2.99. The Labute approximate surface area is 113 Å². The minimum absolute atomic E-state index is 0.00134. The molecule has 0 aliphatic carbocycles. The molecule has 100 valence electrons. The highest BCUT2D eigenvalue weighted by Crippen LogP contribution is 2.26. The molecule has 0 atom stereocenters. The second-order valence-electron chi connectivity index (χ2n) is 4.43. The molecule has 2 aromatic heterocycles. The van der Waals surface area contributed by atoms with Gasteiger partial charge in [0.15, 0.2) is 5.76 Å². The van der Waals surface area contributed by atoms with Gasteiger partial charge in [-0.25, -0.2) is 14.2 Å². The van der Waals surface area contributed by atoms with E-state index < -0.39 is 11.8 Å². The lowest BCUT2D eigenvalue weighted by molar-refractivity contribution is 0.0699. The number of hydrogen-bond acceptors (Lipinski definition) is 3. The summed E-state index contributed by atoms with van der Waals surface area (Å²) in [6, 6.07) is 8.75. The van der Waals surface area contributed by atoms with E-state index in [2.05, 4.69) is 4.98 Å². The number of aromatic carboxylic acids is 1. The maximum Gasteiger partial charge on any atom is 0.336 e. The molecule has 0 saturated carbocycles. The zero-order valence-electron chi connectivity index (χ0n) is 10.6. The molecule has 5 heteroatoms. The van der Waals surface area contributed by atoms with Crippen LogP contribution in [-0.4, -0.2) is 16.1 Å².